The summed E-state index contributed by atoms with van der Waals surface area (Å²) < 4.78 is 0. The maximum absolute atomic E-state index is 11.9. The molecule has 0 aliphatic heterocycles. The van der Waals surface area contributed by atoms with E-state index in [4.69, 9.17) is 0 Å². The molecule has 1 aromatic carbocycles. The molecule has 0 saturated heterocycles. The van der Waals surface area contributed by atoms with Gasteiger partial charge in [-0.3, -0.25) is 5.32 Å². The minimum Gasteiger partial charge on any atom is -0.307 e. The van der Waals surface area contributed by atoms with Crippen molar-refractivity contribution in [1.82, 2.24) is 4.98 Å². The number of anilines is 2. The maximum Gasteiger partial charge on any atom is 0.324 e. The quantitative estimate of drug-likeness (QED) is 0.880. The SMILES string of the molecule is CCc1ccccc1NC(=O)Nc1cccc(C)n1. The van der Waals surface area contributed by atoms with E-state index in [0.717, 1.165) is 23.4 Å². The van der Waals surface area contributed by atoms with Crippen LogP contribution in [0.5, 0.6) is 0 Å². The van der Waals surface area contributed by atoms with Crippen molar-refractivity contribution in [2.45, 2.75) is 20.3 Å². The van der Waals surface area contributed by atoms with Crippen molar-refractivity contribution in [3.05, 3.63) is 53.7 Å². The van der Waals surface area contributed by atoms with Crippen molar-refractivity contribution in [2.75, 3.05) is 10.6 Å². The Labute approximate surface area is 112 Å². The van der Waals surface area contributed by atoms with E-state index in [1.807, 2.05) is 43.3 Å². The van der Waals surface area contributed by atoms with Gasteiger partial charge >= 0.3 is 6.03 Å². The Bertz CT molecular complexity index is 581. The molecular weight excluding hydrogens is 238 g/mol. The summed E-state index contributed by atoms with van der Waals surface area (Å²) >= 11 is 0. The number of pyridine rings is 1. The van der Waals surface area contributed by atoms with Crippen LogP contribution in [0.25, 0.3) is 0 Å². The van der Waals surface area contributed by atoms with Crippen LogP contribution in [0.1, 0.15) is 18.2 Å². The van der Waals surface area contributed by atoms with Crippen molar-refractivity contribution in [3.63, 3.8) is 0 Å². The second kappa shape index (κ2) is 6.00. The average Bonchev–Trinajstić information content (AvgIpc) is 2.39. The first-order chi connectivity index (χ1) is 9.19. The summed E-state index contributed by atoms with van der Waals surface area (Å²) in [6.45, 7) is 3.94. The van der Waals surface area contributed by atoms with Gasteiger partial charge in [-0.05, 0) is 37.1 Å². The van der Waals surface area contributed by atoms with Gasteiger partial charge in [0.25, 0.3) is 0 Å². The molecule has 0 radical (unpaired) electrons. The Hall–Kier alpha value is -2.36. The zero-order chi connectivity index (χ0) is 13.7. The van der Waals surface area contributed by atoms with Crippen LogP contribution < -0.4 is 10.6 Å². The summed E-state index contributed by atoms with van der Waals surface area (Å²) in [6, 6.07) is 13.0. The molecule has 98 valence electrons. The lowest BCUT2D eigenvalue weighted by Gasteiger charge is -2.10. The predicted octanol–water partition coefficient (Wildman–Crippen LogP) is 3.60. The zero-order valence-electron chi connectivity index (χ0n) is 11.1. The molecule has 1 aromatic heterocycles. The van der Waals surface area contributed by atoms with Gasteiger partial charge in [0, 0.05) is 11.4 Å². The summed E-state index contributed by atoms with van der Waals surface area (Å²) in [5, 5.41) is 5.56. The molecule has 2 N–H and O–H groups in total. The smallest absolute Gasteiger partial charge is 0.307 e. The van der Waals surface area contributed by atoms with Crippen LogP contribution in [-0.4, -0.2) is 11.0 Å². The number of para-hydroxylation sites is 1. The fourth-order valence-corrected chi connectivity index (χ4v) is 1.83. The molecule has 4 heteroatoms. The highest BCUT2D eigenvalue weighted by Gasteiger charge is 2.06. The fraction of sp³-hybridized carbons (Fsp3) is 0.200. The number of nitrogens with one attached hydrogen (secondary N) is 2. The third kappa shape index (κ3) is 3.55. The first-order valence-corrected chi connectivity index (χ1v) is 6.28. The first kappa shape index (κ1) is 13.1. The Morgan fingerprint density at radius 2 is 1.89 bits per heavy atom. The highest BCUT2D eigenvalue weighted by atomic mass is 16.2. The molecule has 0 unspecified atom stereocenters. The van der Waals surface area contributed by atoms with Gasteiger partial charge in [-0.15, -0.1) is 0 Å². The van der Waals surface area contributed by atoms with E-state index in [-0.39, 0.29) is 6.03 Å². The second-order valence-corrected chi connectivity index (χ2v) is 4.25. The summed E-state index contributed by atoms with van der Waals surface area (Å²) in [6.07, 6.45) is 0.874. The second-order valence-electron chi connectivity index (χ2n) is 4.25. The molecule has 4 nitrogen and oxygen atoms in total. The van der Waals surface area contributed by atoms with Crippen LogP contribution in [0.3, 0.4) is 0 Å². The first-order valence-electron chi connectivity index (χ1n) is 6.28. The van der Waals surface area contributed by atoms with Gasteiger partial charge in [0.05, 0.1) is 0 Å². The molecule has 2 aromatic rings. The van der Waals surface area contributed by atoms with E-state index in [0.29, 0.717) is 5.82 Å². The molecule has 0 aliphatic carbocycles. The van der Waals surface area contributed by atoms with Gasteiger partial charge in [0.1, 0.15) is 5.82 Å². The van der Waals surface area contributed by atoms with E-state index in [9.17, 15) is 4.79 Å². The number of rotatable bonds is 3. The predicted molar refractivity (Wildman–Crippen MR) is 77.4 cm³/mol. The molecule has 0 saturated carbocycles. The van der Waals surface area contributed by atoms with Crippen molar-refractivity contribution in [1.29, 1.82) is 0 Å². The highest BCUT2D eigenvalue weighted by molar-refractivity contribution is 5.99. The molecule has 0 spiro atoms. The standard InChI is InChI=1S/C15H17N3O/c1-3-12-8-4-5-9-13(12)17-15(19)18-14-10-6-7-11(2)16-14/h4-10H,3H2,1-2H3,(H2,16,17,18,19). The van der Waals surface area contributed by atoms with Gasteiger partial charge in [-0.1, -0.05) is 31.2 Å². The number of hydrogen-bond donors (Lipinski definition) is 2. The van der Waals surface area contributed by atoms with E-state index < -0.39 is 0 Å². The Morgan fingerprint density at radius 3 is 2.63 bits per heavy atom. The van der Waals surface area contributed by atoms with Crippen molar-refractivity contribution < 1.29 is 4.79 Å². The van der Waals surface area contributed by atoms with Gasteiger partial charge in [-0.2, -0.15) is 0 Å². The number of aryl methyl sites for hydroxylation is 2. The number of carbonyl (C=O) groups is 1. The van der Waals surface area contributed by atoms with Gasteiger partial charge < -0.3 is 5.32 Å². The van der Waals surface area contributed by atoms with Crippen molar-refractivity contribution in [3.8, 4) is 0 Å². The number of benzene rings is 1. The molecule has 2 rings (SSSR count). The van der Waals surface area contributed by atoms with E-state index in [1.54, 1.807) is 6.07 Å². The minimum atomic E-state index is -0.279. The van der Waals surface area contributed by atoms with E-state index in [2.05, 4.69) is 22.5 Å². The van der Waals surface area contributed by atoms with E-state index in [1.165, 1.54) is 0 Å². The maximum atomic E-state index is 11.9. The van der Waals surface area contributed by atoms with E-state index >= 15 is 0 Å². The largest absolute Gasteiger partial charge is 0.324 e. The zero-order valence-corrected chi connectivity index (χ0v) is 11.1. The lowest BCUT2D eigenvalue weighted by Crippen LogP contribution is -2.20. The summed E-state index contributed by atoms with van der Waals surface area (Å²) in [7, 11) is 0. The topological polar surface area (TPSA) is 54.0 Å². The minimum absolute atomic E-state index is 0.279. The van der Waals surface area contributed by atoms with Gasteiger partial charge in [0.2, 0.25) is 0 Å². The molecule has 0 bridgehead atoms. The van der Waals surface area contributed by atoms with Gasteiger partial charge in [-0.25, -0.2) is 9.78 Å². The molecule has 0 atom stereocenters. The Kier molecular flexibility index (Phi) is 4.13. The number of nitrogens with zero attached hydrogens (tertiary/aromatic N) is 1. The van der Waals surface area contributed by atoms with Crippen molar-refractivity contribution in [2.24, 2.45) is 0 Å². The summed E-state index contributed by atoms with van der Waals surface area (Å²) in [5.74, 6) is 0.548. The number of hydrogen-bond acceptors (Lipinski definition) is 2. The van der Waals surface area contributed by atoms with Gasteiger partial charge in [0.15, 0.2) is 0 Å². The number of aromatic nitrogens is 1. The lowest BCUT2D eigenvalue weighted by atomic mass is 10.1. The molecule has 19 heavy (non-hydrogen) atoms. The van der Waals surface area contributed by atoms with Crippen LogP contribution in [0.4, 0.5) is 16.3 Å². The fourth-order valence-electron chi connectivity index (χ4n) is 1.83. The molecular formula is C15H17N3O. The number of urea groups is 1. The lowest BCUT2D eigenvalue weighted by molar-refractivity contribution is 0.262. The monoisotopic (exact) mass is 255 g/mol. The van der Waals surface area contributed by atoms with Crippen LogP contribution in [0.2, 0.25) is 0 Å². The number of carbonyl (C=O) groups excluding carboxylic acids is 1. The molecule has 0 fully saturated rings. The third-order valence-electron chi connectivity index (χ3n) is 2.78. The normalized spacial score (nSPS) is 10.0. The molecule has 2 amide bonds. The van der Waals surface area contributed by atoms with Crippen LogP contribution >= 0.6 is 0 Å². The number of amides is 2. The Morgan fingerprint density at radius 1 is 1.11 bits per heavy atom. The average molecular weight is 255 g/mol. The van der Waals surface area contributed by atoms with Crippen molar-refractivity contribution >= 4 is 17.5 Å². The molecule has 0 aliphatic rings. The van der Waals surface area contributed by atoms with Crippen LogP contribution in [0.15, 0.2) is 42.5 Å². The summed E-state index contributed by atoms with van der Waals surface area (Å²) in [4.78, 5) is 16.1. The Balaban J connectivity index is 2.05. The third-order valence-corrected chi connectivity index (χ3v) is 2.78. The van der Waals surface area contributed by atoms with Crippen LogP contribution in [0, 0.1) is 6.92 Å². The summed E-state index contributed by atoms with van der Waals surface area (Å²) in [5.41, 5.74) is 2.80. The van der Waals surface area contributed by atoms with Crippen LogP contribution in [-0.2, 0) is 6.42 Å². The highest BCUT2D eigenvalue weighted by Crippen LogP contribution is 2.15. The molecule has 1 heterocycles.